The summed E-state index contributed by atoms with van der Waals surface area (Å²) < 4.78 is 42.0. The van der Waals surface area contributed by atoms with Gasteiger partial charge in [-0.05, 0) is 0 Å². The highest BCUT2D eigenvalue weighted by Gasteiger charge is 2.36. The standard InChI is InChI=1S/C7H3F3N3OS/c1-14-5-3-4(11-2-15-3)12-6(13-5)7(8,9)10/h1H3. The van der Waals surface area contributed by atoms with Crippen LogP contribution in [0.2, 0.25) is 0 Å². The van der Waals surface area contributed by atoms with Gasteiger partial charge in [0.1, 0.15) is 4.70 Å². The van der Waals surface area contributed by atoms with Crippen molar-refractivity contribution in [2.24, 2.45) is 0 Å². The lowest BCUT2D eigenvalue weighted by molar-refractivity contribution is -0.145. The number of ether oxygens (including phenoxy) is 1. The highest BCUT2D eigenvalue weighted by atomic mass is 32.1. The maximum atomic E-state index is 12.3. The lowest BCUT2D eigenvalue weighted by Gasteiger charge is -2.06. The minimum absolute atomic E-state index is 0.0563. The summed E-state index contributed by atoms with van der Waals surface area (Å²) in [5, 5.41) is 0. The molecule has 0 saturated carbocycles. The number of halogens is 3. The summed E-state index contributed by atoms with van der Waals surface area (Å²) in [6.45, 7) is 0. The van der Waals surface area contributed by atoms with Gasteiger partial charge in [-0.3, -0.25) is 0 Å². The van der Waals surface area contributed by atoms with Crippen molar-refractivity contribution in [3.8, 4) is 5.88 Å². The van der Waals surface area contributed by atoms with Crippen molar-refractivity contribution in [1.82, 2.24) is 15.0 Å². The predicted octanol–water partition coefficient (Wildman–Crippen LogP) is 1.91. The zero-order valence-electron chi connectivity index (χ0n) is 7.29. The SMILES string of the molecule is COc1nc(C(F)(F)F)nc2n[c]sc12. The summed E-state index contributed by atoms with van der Waals surface area (Å²) in [4.78, 5) is 10.1. The molecule has 2 heterocycles. The number of rotatable bonds is 1. The van der Waals surface area contributed by atoms with Crippen molar-refractivity contribution in [3.05, 3.63) is 11.3 Å². The van der Waals surface area contributed by atoms with Gasteiger partial charge in [0.05, 0.1) is 7.11 Å². The third kappa shape index (κ3) is 1.72. The van der Waals surface area contributed by atoms with E-state index in [0.29, 0.717) is 4.70 Å². The van der Waals surface area contributed by atoms with Crippen LogP contribution in [0.15, 0.2) is 0 Å². The minimum Gasteiger partial charge on any atom is -0.480 e. The van der Waals surface area contributed by atoms with E-state index in [4.69, 9.17) is 4.74 Å². The molecule has 0 aliphatic heterocycles. The smallest absolute Gasteiger partial charge is 0.451 e. The van der Waals surface area contributed by atoms with Gasteiger partial charge in [0.15, 0.2) is 11.2 Å². The molecule has 0 spiro atoms. The summed E-state index contributed by atoms with van der Waals surface area (Å²) >= 11 is 1.00. The van der Waals surface area contributed by atoms with E-state index in [-0.39, 0.29) is 11.5 Å². The van der Waals surface area contributed by atoms with Crippen LogP contribution in [0, 0.1) is 5.51 Å². The van der Waals surface area contributed by atoms with Crippen LogP contribution in [0.25, 0.3) is 10.3 Å². The van der Waals surface area contributed by atoms with E-state index in [2.05, 4.69) is 20.5 Å². The van der Waals surface area contributed by atoms with Crippen molar-refractivity contribution in [1.29, 1.82) is 0 Å². The number of nitrogens with zero attached hydrogens (tertiary/aromatic N) is 3. The highest BCUT2D eigenvalue weighted by Crippen LogP contribution is 2.31. The second kappa shape index (κ2) is 3.30. The number of hydrogen-bond donors (Lipinski definition) is 0. The molecule has 2 rings (SSSR count). The van der Waals surface area contributed by atoms with Gasteiger partial charge in [-0.25, -0.2) is 9.97 Å². The Kier molecular flexibility index (Phi) is 2.22. The molecule has 0 amide bonds. The van der Waals surface area contributed by atoms with Crippen molar-refractivity contribution >= 4 is 21.7 Å². The third-order valence-electron chi connectivity index (χ3n) is 1.56. The molecule has 2 aromatic rings. The molecule has 79 valence electrons. The molecule has 0 unspecified atom stereocenters. The maximum absolute atomic E-state index is 12.3. The zero-order valence-corrected chi connectivity index (χ0v) is 8.11. The number of fused-ring (bicyclic) bond motifs is 1. The number of methoxy groups -OCH3 is 1. The van der Waals surface area contributed by atoms with Gasteiger partial charge in [-0.1, -0.05) is 0 Å². The maximum Gasteiger partial charge on any atom is 0.451 e. The fraction of sp³-hybridized carbons (Fsp3) is 0.286. The Hall–Kier alpha value is -1.44. The van der Waals surface area contributed by atoms with Crippen LogP contribution >= 0.6 is 11.3 Å². The summed E-state index contributed by atoms with van der Waals surface area (Å²) in [5.74, 6) is -1.39. The Bertz CT molecular complexity index is 496. The lowest BCUT2D eigenvalue weighted by atomic mass is 10.5. The Balaban J connectivity index is 2.69. The molecule has 15 heavy (non-hydrogen) atoms. The van der Waals surface area contributed by atoms with Gasteiger partial charge in [0.25, 0.3) is 0 Å². The second-order valence-corrected chi connectivity index (χ2v) is 3.31. The Morgan fingerprint density at radius 3 is 2.67 bits per heavy atom. The summed E-state index contributed by atoms with van der Waals surface area (Å²) in [5.41, 5.74) is 2.38. The van der Waals surface area contributed by atoms with Crippen molar-refractivity contribution < 1.29 is 17.9 Å². The predicted molar refractivity (Wildman–Crippen MR) is 45.6 cm³/mol. The molecular formula is C7H3F3N3OS. The Morgan fingerprint density at radius 2 is 2.07 bits per heavy atom. The first-order chi connectivity index (χ1) is 7.02. The summed E-state index contributed by atoms with van der Waals surface area (Å²) in [7, 11) is 1.24. The first-order valence-electron chi connectivity index (χ1n) is 3.68. The third-order valence-corrected chi connectivity index (χ3v) is 2.31. The number of hydrogen-bond acceptors (Lipinski definition) is 5. The van der Waals surface area contributed by atoms with Gasteiger partial charge < -0.3 is 4.74 Å². The van der Waals surface area contributed by atoms with Crippen LogP contribution in [0.1, 0.15) is 5.82 Å². The monoisotopic (exact) mass is 234 g/mol. The second-order valence-electron chi connectivity index (χ2n) is 2.51. The van der Waals surface area contributed by atoms with Crippen LogP contribution in [-0.2, 0) is 6.18 Å². The van der Waals surface area contributed by atoms with Crippen molar-refractivity contribution in [2.45, 2.75) is 6.18 Å². The lowest BCUT2D eigenvalue weighted by Crippen LogP contribution is -2.11. The molecule has 8 heteroatoms. The van der Waals surface area contributed by atoms with Gasteiger partial charge in [0, 0.05) is 0 Å². The fourth-order valence-corrected chi connectivity index (χ4v) is 1.58. The molecule has 2 aromatic heterocycles. The Morgan fingerprint density at radius 1 is 1.33 bits per heavy atom. The molecule has 0 aliphatic carbocycles. The van der Waals surface area contributed by atoms with E-state index in [9.17, 15) is 13.2 Å². The molecule has 0 aliphatic rings. The highest BCUT2D eigenvalue weighted by molar-refractivity contribution is 7.16. The molecule has 1 radical (unpaired) electrons. The van der Waals surface area contributed by atoms with E-state index in [1.165, 1.54) is 7.11 Å². The summed E-state index contributed by atoms with van der Waals surface area (Å²) in [6.07, 6.45) is -4.61. The number of alkyl halides is 3. The quantitative estimate of drug-likeness (QED) is 0.756. The van der Waals surface area contributed by atoms with Gasteiger partial charge in [-0.15, -0.1) is 11.3 Å². The van der Waals surface area contributed by atoms with Crippen LogP contribution in [0.4, 0.5) is 13.2 Å². The van der Waals surface area contributed by atoms with Gasteiger partial charge in [0.2, 0.25) is 11.7 Å². The topological polar surface area (TPSA) is 47.9 Å². The largest absolute Gasteiger partial charge is 0.480 e. The van der Waals surface area contributed by atoms with Gasteiger partial charge >= 0.3 is 6.18 Å². The molecular weight excluding hydrogens is 231 g/mol. The van der Waals surface area contributed by atoms with E-state index >= 15 is 0 Å². The van der Waals surface area contributed by atoms with Gasteiger partial charge in [-0.2, -0.15) is 18.2 Å². The van der Waals surface area contributed by atoms with E-state index in [1.54, 1.807) is 0 Å². The van der Waals surface area contributed by atoms with Crippen molar-refractivity contribution in [2.75, 3.05) is 7.11 Å². The Labute approximate surface area is 85.8 Å². The number of aromatic nitrogens is 3. The van der Waals surface area contributed by atoms with Crippen LogP contribution in [0.5, 0.6) is 5.88 Å². The molecule has 0 bridgehead atoms. The normalized spacial score (nSPS) is 12.0. The summed E-state index contributed by atoms with van der Waals surface area (Å²) in [6, 6.07) is 0. The average Bonchev–Trinajstić information content (AvgIpc) is 2.62. The molecule has 0 aromatic carbocycles. The minimum atomic E-state index is -4.61. The van der Waals surface area contributed by atoms with Crippen molar-refractivity contribution in [3.63, 3.8) is 0 Å². The van der Waals surface area contributed by atoms with E-state index in [1.807, 2.05) is 0 Å². The van der Waals surface area contributed by atoms with E-state index < -0.39 is 12.0 Å². The van der Waals surface area contributed by atoms with Crippen LogP contribution in [-0.4, -0.2) is 22.1 Å². The van der Waals surface area contributed by atoms with Crippen LogP contribution in [0.3, 0.4) is 0 Å². The first-order valence-corrected chi connectivity index (χ1v) is 4.50. The molecule has 0 fully saturated rings. The fourth-order valence-electron chi connectivity index (χ4n) is 0.961. The van der Waals surface area contributed by atoms with E-state index in [0.717, 1.165) is 11.3 Å². The van der Waals surface area contributed by atoms with Crippen LogP contribution < -0.4 is 4.74 Å². The molecule has 4 nitrogen and oxygen atoms in total. The molecule has 0 atom stereocenters. The zero-order chi connectivity index (χ0) is 11.1. The number of thiazole rings is 1. The molecule has 0 N–H and O–H groups in total. The molecule has 0 saturated heterocycles. The average molecular weight is 234 g/mol. The first kappa shape index (κ1) is 10.1.